The molecule has 0 unspecified atom stereocenters. The number of halogens is 1. The van der Waals surface area contributed by atoms with Gasteiger partial charge in [-0.25, -0.2) is 8.42 Å². The lowest BCUT2D eigenvalue weighted by molar-refractivity contribution is 0.0879. The topological polar surface area (TPSA) is 92.3 Å². The van der Waals surface area contributed by atoms with Crippen molar-refractivity contribution >= 4 is 54.8 Å². The fourth-order valence-corrected chi connectivity index (χ4v) is 5.29. The number of rotatable bonds is 3. The minimum absolute atomic E-state index is 0.142. The molecule has 1 aromatic heterocycles. The van der Waals surface area contributed by atoms with E-state index in [9.17, 15) is 18.0 Å². The lowest BCUT2D eigenvalue weighted by Crippen LogP contribution is -2.19. The number of hydrogen-bond donors (Lipinski definition) is 2. The summed E-state index contributed by atoms with van der Waals surface area (Å²) in [5.41, 5.74) is 0.615. The van der Waals surface area contributed by atoms with Gasteiger partial charge < -0.3 is 0 Å². The highest BCUT2D eigenvalue weighted by Gasteiger charge is 2.27. The van der Waals surface area contributed by atoms with E-state index in [4.69, 9.17) is 0 Å². The molecule has 9 heteroatoms. The fourth-order valence-electron chi connectivity index (χ4n) is 1.90. The predicted octanol–water partition coefficient (Wildman–Crippen LogP) is 2.20. The van der Waals surface area contributed by atoms with E-state index in [0.717, 1.165) is 11.3 Å². The molecule has 3 rings (SSSR count). The van der Waals surface area contributed by atoms with E-state index < -0.39 is 21.8 Å². The molecular formula is C12H7BrN2O4S2. The van der Waals surface area contributed by atoms with Crippen LogP contribution in [0.2, 0.25) is 0 Å². The zero-order chi connectivity index (χ0) is 15.2. The van der Waals surface area contributed by atoms with Crippen LogP contribution in [0.4, 0.5) is 5.69 Å². The first kappa shape index (κ1) is 14.2. The van der Waals surface area contributed by atoms with Crippen molar-refractivity contribution in [3.8, 4) is 0 Å². The number of amides is 2. The molecule has 0 aliphatic carbocycles. The first-order valence-corrected chi connectivity index (χ1v) is 8.79. The number of imide groups is 1. The molecule has 0 spiro atoms. The van der Waals surface area contributed by atoms with Crippen molar-refractivity contribution in [2.45, 2.75) is 4.21 Å². The van der Waals surface area contributed by atoms with Crippen molar-refractivity contribution in [2.24, 2.45) is 0 Å². The van der Waals surface area contributed by atoms with Crippen LogP contribution < -0.4 is 10.0 Å². The average molecular weight is 387 g/mol. The second kappa shape index (κ2) is 4.93. The van der Waals surface area contributed by atoms with E-state index in [0.29, 0.717) is 4.47 Å². The molecule has 1 aliphatic rings. The molecule has 0 radical (unpaired) electrons. The maximum Gasteiger partial charge on any atom is 0.272 e. The Hall–Kier alpha value is -1.71. The van der Waals surface area contributed by atoms with Crippen LogP contribution in [-0.2, 0) is 10.0 Å². The quantitative estimate of drug-likeness (QED) is 0.790. The summed E-state index contributed by atoms with van der Waals surface area (Å²) >= 11 is 4.24. The van der Waals surface area contributed by atoms with Crippen LogP contribution in [-0.4, -0.2) is 20.2 Å². The third-order valence-corrected chi connectivity index (χ3v) is 6.87. The molecule has 1 aliphatic heterocycles. The van der Waals surface area contributed by atoms with Crippen molar-refractivity contribution in [3.63, 3.8) is 0 Å². The number of anilines is 1. The average Bonchev–Trinajstić information content (AvgIpc) is 2.95. The summed E-state index contributed by atoms with van der Waals surface area (Å²) in [6.45, 7) is 0. The molecule has 0 saturated carbocycles. The largest absolute Gasteiger partial charge is 0.288 e. The zero-order valence-corrected chi connectivity index (χ0v) is 13.4. The van der Waals surface area contributed by atoms with Gasteiger partial charge in [-0.3, -0.25) is 19.6 Å². The maximum absolute atomic E-state index is 12.2. The number of benzene rings is 1. The lowest BCUT2D eigenvalue weighted by Gasteiger charge is -2.07. The number of thiophene rings is 1. The SMILES string of the molecule is O=C1NC(=O)c2cc(NS(=O)(=O)c3sccc3Br)ccc21. The Morgan fingerprint density at radius 3 is 2.48 bits per heavy atom. The summed E-state index contributed by atoms with van der Waals surface area (Å²) in [6, 6.07) is 5.83. The van der Waals surface area contributed by atoms with Crippen molar-refractivity contribution in [3.05, 3.63) is 45.2 Å². The molecule has 0 fully saturated rings. The molecule has 6 nitrogen and oxygen atoms in total. The molecule has 108 valence electrons. The smallest absolute Gasteiger partial charge is 0.272 e. The van der Waals surface area contributed by atoms with E-state index in [2.05, 4.69) is 26.0 Å². The zero-order valence-electron chi connectivity index (χ0n) is 10.2. The standard InChI is InChI=1S/C12H7BrN2O4S2/c13-9-3-4-20-12(9)21(18,19)15-6-1-2-7-8(5-6)11(17)14-10(7)16/h1-5,15H,(H,14,16,17). The molecule has 1 aromatic carbocycles. The van der Waals surface area contributed by atoms with Crippen molar-refractivity contribution in [1.82, 2.24) is 5.32 Å². The van der Waals surface area contributed by atoms with Gasteiger partial charge >= 0.3 is 0 Å². The van der Waals surface area contributed by atoms with Gasteiger partial charge in [-0.15, -0.1) is 11.3 Å². The first-order valence-electron chi connectivity index (χ1n) is 5.64. The monoisotopic (exact) mass is 386 g/mol. The third-order valence-electron chi connectivity index (χ3n) is 2.82. The van der Waals surface area contributed by atoms with E-state index in [1.165, 1.54) is 18.2 Å². The Morgan fingerprint density at radius 1 is 1.10 bits per heavy atom. The van der Waals surface area contributed by atoms with Gasteiger partial charge in [-0.1, -0.05) is 0 Å². The molecule has 2 N–H and O–H groups in total. The molecule has 2 amide bonds. The number of carbonyl (C=O) groups excluding carboxylic acids is 2. The minimum Gasteiger partial charge on any atom is -0.288 e. The molecule has 2 aromatic rings. The summed E-state index contributed by atoms with van der Waals surface area (Å²) < 4.78 is 27.5. The third kappa shape index (κ3) is 2.47. The fraction of sp³-hybridized carbons (Fsp3) is 0. The second-order valence-electron chi connectivity index (χ2n) is 4.21. The highest BCUT2D eigenvalue weighted by Crippen LogP contribution is 2.30. The number of fused-ring (bicyclic) bond motifs is 1. The molecular weight excluding hydrogens is 380 g/mol. The molecule has 21 heavy (non-hydrogen) atoms. The Morgan fingerprint density at radius 2 is 1.81 bits per heavy atom. The van der Waals surface area contributed by atoms with E-state index in [1.807, 2.05) is 0 Å². The van der Waals surface area contributed by atoms with Gasteiger partial charge in [0.25, 0.3) is 21.8 Å². The first-order chi connectivity index (χ1) is 9.88. The van der Waals surface area contributed by atoms with Crippen LogP contribution in [0.25, 0.3) is 0 Å². The molecule has 0 atom stereocenters. The predicted molar refractivity (Wildman–Crippen MR) is 81.1 cm³/mol. The maximum atomic E-state index is 12.2. The normalized spacial score (nSPS) is 14.0. The Balaban J connectivity index is 1.97. The highest BCUT2D eigenvalue weighted by atomic mass is 79.9. The lowest BCUT2D eigenvalue weighted by atomic mass is 10.1. The highest BCUT2D eigenvalue weighted by molar-refractivity contribution is 9.10. The van der Waals surface area contributed by atoms with Crippen molar-refractivity contribution in [1.29, 1.82) is 0 Å². The number of sulfonamides is 1. The minimum atomic E-state index is -3.74. The van der Waals surface area contributed by atoms with Crippen LogP contribution in [0, 0.1) is 0 Å². The van der Waals surface area contributed by atoms with Gasteiger partial charge in [0.2, 0.25) is 0 Å². The summed E-state index contributed by atoms with van der Waals surface area (Å²) in [4.78, 5) is 23.0. The second-order valence-corrected chi connectivity index (χ2v) is 7.85. The molecule has 0 saturated heterocycles. The Labute approximate surface area is 132 Å². The summed E-state index contributed by atoms with van der Waals surface area (Å²) in [5, 5.41) is 3.79. The van der Waals surface area contributed by atoms with Crippen LogP contribution in [0.15, 0.2) is 38.3 Å². The van der Waals surface area contributed by atoms with Gasteiger partial charge in [0.05, 0.1) is 11.1 Å². The van der Waals surface area contributed by atoms with E-state index in [-0.39, 0.29) is 21.0 Å². The Bertz CT molecular complexity index is 873. The molecule has 0 bridgehead atoms. The van der Waals surface area contributed by atoms with Gasteiger partial charge in [0.1, 0.15) is 0 Å². The van der Waals surface area contributed by atoms with Crippen molar-refractivity contribution in [2.75, 3.05) is 4.72 Å². The van der Waals surface area contributed by atoms with Crippen LogP contribution >= 0.6 is 27.3 Å². The van der Waals surface area contributed by atoms with Gasteiger partial charge in [-0.05, 0) is 45.6 Å². The summed E-state index contributed by atoms with van der Waals surface area (Å²) in [7, 11) is -3.74. The summed E-state index contributed by atoms with van der Waals surface area (Å²) in [6.07, 6.45) is 0. The van der Waals surface area contributed by atoms with Crippen LogP contribution in [0.5, 0.6) is 0 Å². The van der Waals surface area contributed by atoms with Gasteiger partial charge in [-0.2, -0.15) is 0 Å². The number of carbonyl (C=O) groups is 2. The van der Waals surface area contributed by atoms with E-state index in [1.54, 1.807) is 11.4 Å². The van der Waals surface area contributed by atoms with Gasteiger partial charge in [0, 0.05) is 10.2 Å². The summed E-state index contributed by atoms with van der Waals surface area (Å²) in [5.74, 6) is -1.02. The molecule has 2 heterocycles. The van der Waals surface area contributed by atoms with Crippen LogP contribution in [0.3, 0.4) is 0 Å². The van der Waals surface area contributed by atoms with Gasteiger partial charge in [0.15, 0.2) is 4.21 Å². The number of hydrogen-bond acceptors (Lipinski definition) is 5. The Kier molecular flexibility index (Phi) is 3.34. The van der Waals surface area contributed by atoms with Crippen LogP contribution in [0.1, 0.15) is 20.7 Å². The number of nitrogens with one attached hydrogen (secondary N) is 2. The van der Waals surface area contributed by atoms with Crippen molar-refractivity contribution < 1.29 is 18.0 Å². The van der Waals surface area contributed by atoms with E-state index >= 15 is 0 Å².